The summed E-state index contributed by atoms with van der Waals surface area (Å²) in [4.78, 5) is 20.6. The lowest BCUT2D eigenvalue weighted by molar-refractivity contribution is -0.286. The summed E-state index contributed by atoms with van der Waals surface area (Å²) in [5.41, 5.74) is 4.21. The molecule has 0 aliphatic carbocycles. The number of amides is 1. The smallest absolute Gasteiger partial charge is 0.293 e. The predicted octanol–water partition coefficient (Wildman–Crippen LogP) is 4.62. The number of hydrogen-bond acceptors (Lipinski definition) is 5. The first-order chi connectivity index (χ1) is 18.0. The number of benzene rings is 3. The molecule has 6 heteroatoms. The highest BCUT2D eigenvalue weighted by Gasteiger charge is 2.57. The Kier molecular flexibility index (Phi) is 6.37. The summed E-state index contributed by atoms with van der Waals surface area (Å²) in [6.07, 6.45) is 0. The van der Waals surface area contributed by atoms with Crippen LogP contribution in [-0.2, 0) is 20.1 Å². The van der Waals surface area contributed by atoms with Crippen LogP contribution in [0, 0.1) is 5.41 Å². The van der Waals surface area contributed by atoms with Crippen molar-refractivity contribution in [2.45, 2.75) is 25.7 Å². The van der Waals surface area contributed by atoms with E-state index in [1.165, 1.54) is 11.1 Å². The molecule has 0 N–H and O–H groups in total. The largest absolute Gasteiger partial charge is 0.338 e. The molecule has 2 saturated heterocycles. The van der Waals surface area contributed by atoms with Gasteiger partial charge in [-0.05, 0) is 17.2 Å². The van der Waals surface area contributed by atoms with Crippen molar-refractivity contribution in [2.75, 3.05) is 51.0 Å². The molecule has 6 rings (SSSR count). The number of anilines is 1. The third-order valence-electron chi connectivity index (χ3n) is 7.75. The van der Waals surface area contributed by atoms with Crippen molar-refractivity contribution in [1.82, 2.24) is 9.80 Å². The van der Waals surface area contributed by atoms with Crippen LogP contribution >= 0.6 is 0 Å². The average molecular weight is 498 g/mol. The van der Waals surface area contributed by atoms with Gasteiger partial charge in [0, 0.05) is 37.2 Å². The Labute approximate surface area is 219 Å². The molecule has 0 saturated carbocycles. The Hall–Kier alpha value is -3.03. The number of para-hydroxylation sites is 1. The van der Waals surface area contributed by atoms with E-state index in [0.29, 0.717) is 19.9 Å². The minimum absolute atomic E-state index is 0.113. The van der Waals surface area contributed by atoms with Crippen LogP contribution in [0.15, 0.2) is 84.9 Å². The third kappa shape index (κ3) is 4.48. The zero-order valence-corrected chi connectivity index (χ0v) is 21.7. The van der Waals surface area contributed by atoms with Crippen LogP contribution in [0.3, 0.4) is 0 Å². The fourth-order valence-electron chi connectivity index (χ4n) is 5.73. The molecule has 0 radical (unpaired) electrons. The molecule has 0 unspecified atom stereocenters. The minimum atomic E-state index is -1.32. The van der Waals surface area contributed by atoms with Gasteiger partial charge in [-0.25, -0.2) is 0 Å². The standard InChI is InChI=1S/C31H35N3O3/c1-30(2)21-36-31(37-22-30)26-15-9-10-16-27(26)34(29(31)35)23-32-17-19-33(20-18-32)28(24-11-5-3-6-12-24)25-13-7-4-8-14-25/h3-16,28H,17-23H2,1-2H3. The summed E-state index contributed by atoms with van der Waals surface area (Å²) in [5.74, 6) is -1.43. The van der Waals surface area contributed by atoms with E-state index in [4.69, 9.17) is 9.47 Å². The van der Waals surface area contributed by atoms with Crippen molar-refractivity contribution in [2.24, 2.45) is 5.41 Å². The van der Waals surface area contributed by atoms with Crippen molar-refractivity contribution < 1.29 is 14.3 Å². The molecule has 3 aromatic carbocycles. The van der Waals surface area contributed by atoms with Crippen LogP contribution in [0.1, 0.15) is 36.6 Å². The summed E-state index contributed by atoms with van der Waals surface area (Å²) in [5, 5.41) is 0. The molecule has 3 aliphatic heterocycles. The number of ether oxygens (including phenoxy) is 2. The Bertz CT molecular complexity index is 1190. The normalized spacial score (nSPS) is 21.5. The Morgan fingerprint density at radius 3 is 1.89 bits per heavy atom. The van der Waals surface area contributed by atoms with Gasteiger partial charge in [-0.15, -0.1) is 0 Å². The van der Waals surface area contributed by atoms with Crippen LogP contribution in [-0.4, -0.2) is 61.8 Å². The van der Waals surface area contributed by atoms with Crippen molar-refractivity contribution in [3.05, 3.63) is 102 Å². The Balaban J connectivity index is 1.18. The maximum absolute atomic E-state index is 13.8. The van der Waals surface area contributed by atoms with E-state index in [-0.39, 0.29) is 17.4 Å². The van der Waals surface area contributed by atoms with Gasteiger partial charge in [0.2, 0.25) is 0 Å². The van der Waals surface area contributed by atoms with Gasteiger partial charge in [0.1, 0.15) is 0 Å². The molecular weight excluding hydrogens is 462 g/mol. The van der Waals surface area contributed by atoms with Gasteiger partial charge >= 0.3 is 0 Å². The first kappa shape index (κ1) is 24.3. The van der Waals surface area contributed by atoms with E-state index in [1.54, 1.807) is 0 Å². The summed E-state index contributed by atoms with van der Waals surface area (Å²) in [6.45, 7) is 9.30. The fraction of sp³-hybridized carbons (Fsp3) is 0.387. The van der Waals surface area contributed by atoms with Crippen molar-refractivity contribution in [3.63, 3.8) is 0 Å². The van der Waals surface area contributed by atoms with Gasteiger partial charge in [0.05, 0.1) is 31.6 Å². The molecule has 0 aromatic heterocycles. The lowest BCUT2D eigenvalue weighted by atomic mass is 9.93. The Morgan fingerprint density at radius 1 is 0.757 bits per heavy atom. The van der Waals surface area contributed by atoms with E-state index < -0.39 is 5.79 Å². The summed E-state index contributed by atoms with van der Waals surface area (Å²) in [6, 6.07) is 29.6. The molecule has 3 heterocycles. The number of nitrogens with zero attached hydrogens (tertiary/aromatic N) is 3. The molecule has 6 nitrogen and oxygen atoms in total. The van der Waals surface area contributed by atoms with Gasteiger partial charge in [-0.1, -0.05) is 92.7 Å². The van der Waals surface area contributed by atoms with Crippen LogP contribution in [0.2, 0.25) is 0 Å². The monoisotopic (exact) mass is 497 g/mol. The fourth-order valence-corrected chi connectivity index (χ4v) is 5.73. The SMILES string of the molecule is CC1(C)COC2(OC1)C(=O)N(CN1CCN(C(c3ccccc3)c3ccccc3)CC1)c1ccccc12. The van der Waals surface area contributed by atoms with Crippen LogP contribution in [0.4, 0.5) is 5.69 Å². The van der Waals surface area contributed by atoms with E-state index in [0.717, 1.165) is 37.4 Å². The van der Waals surface area contributed by atoms with Crippen LogP contribution < -0.4 is 4.90 Å². The molecule has 3 aliphatic rings. The first-order valence-electron chi connectivity index (χ1n) is 13.2. The minimum Gasteiger partial charge on any atom is -0.338 e. The average Bonchev–Trinajstić information content (AvgIpc) is 3.16. The third-order valence-corrected chi connectivity index (χ3v) is 7.75. The summed E-state index contributed by atoms with van der Waals surface area (Å²) >= 11 is 0. The zero-order chi connectivity index (χ0) is 25.5. The highest BCUT2D eigenvalue weighted by Crippen LogP contribution is 2.47. The van der Waals surface area contributed by atoms with Gasteiger partial charge in [0.25, 0.3) is 11.7 Å². The molecule has 3 aromatic rings. The van der Waals surface area contributed by atoms with Gasteiger partial charge in [-0.2, -0.15) is 0 Å². The van der Waals surface area contributed by atoms with E-state index in [2.05, 4.69) is 84.3 Å². The Morgan fingerprint density at radius 2 is 1.30 bits per heavy atom. The first-order valence-corrected chi connectivity index (χ1v) is 13.2. The summed E-state index contributed by atoms with van der Waals surface area (Å²) < 4.78 is 12.4. The van der Waals surface area contributed by atoms with E-state index >= 15 is 0 Å². The number of fused-ring (bicyclic) bond motifs is 2. The lowest BCUT2D eigenvalue weighted by Gasteiger charge is -2.42. The number of carbonyl (C=O) groups is 1. The number of hydrogen-bond donors (Lipinski definition) is 0. The van der Waals surface area contributed by atoms with E-state index in [9.17, 15) is 4.79 Å². The van der Waals surface area contributed by atoms with Gasteiger partial charge in [-0.3, -0.25) is 19.5 Å². The summed E-state index contributed by atoms with van der Waals surface area (Å²) in [7, 11) is 0. The zero-order valence-electron chi connectivity index (χ0n) is 21.7. The molecule has 1 spiro atoms. The maximum Gasteiger partial charge on any atom is 0.293 e. The van der Waals surface area contributed by atoms with E-state index in [1.807, 2.05) is 29.2 Å². The molecule has 0 atom stereocenters. The number of rotatable bonds is 5. The molecule has 0 bridgehead atoms. The van der Waals surface area contributed by atoms with Crippen molar-refractivity contribution >= 4 is 11.6 Å². The van der Waals surface area contributed by atoms with Gasteiger partial charge < -0.3 is 9.47 Å². The molecular formula is C31H35N3O3. The molecule has 192 valence electrons. The second-order valence-electron chi connectivity index (χ2n) is 11.1. The van der Waals surface area contributed by atoms with Gasteiger partial charge in [0.15, 0.2) is 0 Å². The highest BCUT2D eigenvalue weighted by molar-refractivity contribution is 6.06. The molecule has 37 heavy (non-hydrogen) atoms. The second kappa shape index (κ2) is 9.69. The highest BCUT2D eigenvalue weighted by atomic mass is 16.7. The molecule has 1 amide bonds. The molecule has 2 fully saturated rings. The number of carbonyl (C=O) groups excluding carboxylic acids is 1. The maximum atomic E-state index is 13.8. The predicted molar refractivity (Wildman–Crippen MR) is 144 cm³/mol. The second-order valence-corrected chi connectivity index (χ2v) is 11.1. The topological polar surface area (TPSA) is 45.3 Å². The van der Waals surface area contributed by atoms with Crippen molar-refractivity contribution in [1.29, 1.82) is 0 Å². The number of piperazine rings is 1. The quantitative estimate of drug-likeness (QED) is 0.515. The van der Waals surface area contributed by atoms with Crippen LogP contribution in [0.25, 0.3) is 0 Å². The van der Waals surface area contributed by atoms with Crippen LogP contribution in [0.5, 0.6) is 0 Å². The van der Waals surface area contributed by atoms with Crippen molar-refractivity contribution in [3.8, 4) is 0 Å². The lowest BCUT2D eigenvalue weighted by Crippen LogP contribution is -2.55.